The molecule has 4 N–H and O–H groups in total. The number of halogens is 2. The zero-order valence-electron chi connectivity index (χ0n) is 13.0. The number of nitrogens with one attached hydrogen (secondary N) is 2. The van der Waals surface area contributed by atoms with Gasteiger partial charge < -0.3 is 19.9 Å². The monoisotopic (exact) mass is 376 g/mol. The van der Waals surface area contributed by atoms with E-state index in [0.29, 0.717) is 4.57 Å². The molecule has 0 bridgehead atoms. The van der Waals surface area contributed by atoms with E-state index >= 15 is 0 Å². The van der Waals surface area contributed by atoms with Gasteiger partial charge in [0.1, 0.15) is 6.10 Å². The minimum absolute atomic E-state index is 0.496. The summed E-state index contributed by atoms with van der Waals surface area (Å²) >= 11 is 0. The number of hydrogen-bond donors (Lipinski definition) is 4. The lowest BCUT2D eigenvalue weighted by atomic mass is 10.2. The van der Waals surface area contributed by atoms with Gasteiger partial charge in [0, 0.05) is 24.5 Å². The second-order valence-corrected chi connectivity index (χ2v) is 5.18. The summed E-state index contributed by atoms with van der Waals surface area (Å²) < 4.78 is 31.6. The Hall–Kier alpha value is -2.90. The molecule has 2 aromatic rings. The first-order valence-electron chi connectivity index (χ1n) is 7.13. The number of aromatic amines is 2. The highest BCUT2D eigenvalue weighted by Crippen LogP contribution is 2.35. The number of aliphatic hydroxyl groups excluding tert-OH is 2. The number of ether oxygens (including phenoxy) is 1. The summed E-state index contributed by atoms with van der Waals surface area (Å²) in [6, 6.07) is 1.88. The minimum atomic E-state index is -2.56. The maximum Gasteiger partial charge on any atom is 0.357 e. The molecular weight excluding hydrogens is 362 g/mol. The van der Waals surface area contributed by atoms with E-state index in [4.69, 9.17) is 9.84 Å². The van der Waals surface area contributed by atoms with Crippen LogP contribution in [-0.2, 0) is 10.7 Å². The topological polar surface area (TPSA) is 159 Å². The molecule has 1 aliphatic rings. The summed E-state index contributed by atoms with van der Waals surface area (Å²) in [6.07, 6.45) is -0.791. The van der Waals surface area contributed by atoms with Crippen molar-refractivity contribution in [2.45, 2.75) is 24.6 Å². The largest absolute Gasteiger partial charge is 0.394 e. The number of aromatic nitrogens is 4. The van der Waals surface area contributed by atoms with E-state index in [1.54, 1.807) is 0 Å². The molecule has 0 spiro atoms. The average molecular weight is 376 g/mol. The Morgan fingerprint density at radius 3 is 2.46 bits per heavy atom. The Bertz CT molecular complexity index is 969. The lowest BCUT2D eigenvalue weighted by Crippen LogP contribution is -2.41. The summed E-state index contributed by atoms with van der Waals surface area (Å²) in [5, 5.41) is 18.3. The highest BCUT2D eigenvalue weighted by atomic mass is 19.2. The average Bonchev–Trinajstić information content (AvgIpc) is 2.88. The molecule has 3 rings (SSSR count). The summed E-state index contributed by atoms with van der Waals surface area (Å²) in [4.78, 5) is 45.9. The fourth-order valence-electron chi connectivity index (χ4n) is 2.15. The quantitative estimate of drug-likeness (QED) is 0.452. The van der Waals surface area contributed by atoms with Crippen LogP contribution in [0.1, 0.15) is 6.42 Å². The van der Waals surface area contributed by atoms with Crippen LogP contribution in [0.25, 0.3) is 0 Å². The van der Waals surface area contributed by atoms with Gasteiger partial charge in [0.15, 0.2) is 0 Å². The number of rotatable bonds is 2. The molecule has 0 aromatic carbocycles. The molecule has 0 unspecified atom stereocenters. The lowest BCUT2D eigenvalue weighted by molar-refractivity contribution is -0.205. The van der Waals surface area contributed by atoms with Crippen LogP contribution in [0.4, 0.5) is 8.87 Å². The van der Waals surface area contributed by atoms with E-state index in [0.717, 1.165) is 24.5 Å². The maximum absolute atomic E-state index is 14.3. The van der Waals surface area contributed by atoms with Crippen molar-refractivity contribution in [1.82, 2.24) is 19.3 Å². The summed E-state index contributed by atoms with van der Waals surface area (Å²) in [7, 11) is 0. The minimum Gasteiger partial charge on any atom is -0.394 e. The third-order valence-corrected chi connectivity index (χ3v) is 3.39. The Labute approximate surface area is 141 Å². The van der Waals surface area contributed by atoms with Crippen LogP contribution in [-0.4, -0.2) is 48.4 Å². The van der Waals surface area contributed by atoms with Gasteiger partial charge in [-0.1, -0.05) is 9.27 Å². The fourth-order valence-corrected chi connectivity index (χ4v) is 2.15. The van der Waals surface area contributed by atoms with Crippen molar-refractivity contribution in [3.63, 3.8) is 0 Å². The molecule has 1 saturated heterocycles. The van der Waals surface area contributed by atoms with Gasteiger partial charge in [-0.05, 0) is 0 Å². The van der Waals surface area contributed by atoms with E-state index in [1.807, 2.05) is 9.97 Å². The molecule has 3 atom stereocenters. The van der Waals surface area contributed by atoms with Crippen molar-refractivity contribution in [3.8, 4) is 0 Å². The molecule has 0 aliphatic carbocycles. The summed E-state index contributed by atoms with van der Waals surface area (Å²) in [6.45, 7) is -0.565. The second kappa shape index (κ2) is 7.55. The first-order chi connectivity index (χ1) is 12.2. The van der Waals surface area contributed by atoms with Gasteiger partial charge in [-0.15, -0.1) is 0 Å². The highest BCUT2D eigenvalue weighted by molar-refractivity contribution is 4.91. The first kappa shape index (κ1) is 19.4. The predicted octanol–water partition coefficient (Wildman–Crippen LogP) is -2.47. The van der Waals surface area contributed by atoms with Crippen molar-refractivity contribution in [2.75, 3.05) is 6.61 Å². The molecule has 3 heterocycles. The molecule has 26 heavy (non-hydrogen) atoms. The third-order valence-electron chi connectivity index (χ3n) is 3.39. The van der Waals surface area contributed by atoms with Gasteiger partial charge >= 0.3 is 11.4 Å². The van der Waals surface area contributed by atoms with Gasteiger partial charge in [0.25, 0.3) is 17.1 Å². The van der Waals surface area contributed by atoms with Crippen LogP contribution < -0.4 is 22.5 Å². The molecule has 142 valence electrons. The van der Waals surface area contributed by atoms with Crippen LogP contribution >= 0.6 is 0 Å². The molecule has 11 nitrogen and oxygen atoms in total. The van der Waals surface area contributed by atoms with E-state index in [1.165, 1.54) is 0 Å². The van der Waals surface area contributed by atoms with Gasteiger partial charge in [-0.2, -0.15) is 4.39 Å². The smallest absolute Gasteiger partial charge is 0.357 e. The van der Waals surface area contributed by atoms with Crippen molar-refractivity contribution >= 4 is 0 Å². The Morgan fingerprint density at radius 1 is 1.27 bits per heavy atom. The van der Waals surface area contributed by atoms with E-state index in [-0.39, 0.29) is 0 Å². The molecule has 1 aliphatic heterocycles. The normalized spacial score (nSPS) is 24.8. The number of nitrogens with zero attached hydrogens (tertiary/aromatic N) is 2. The maximum atomic E-state index is 14.3. The summed E-state index contributed by atoms with van der Waals surface area (Å²) in [5.74, 6) is -2.56. The lowest BCUT2D eigenvalue weighted by Gasteiger charge is -2.21. The van der Waals surface area contributed by atoms with Crippen molar-refractivity contribution in [2.24, 2.45) is 0 Å². The molecule has 13 heteroatoms. The molecule has 0 amide bonds. The molecule has 1 fully saturated rings. The van der Waals surface area contributed by atoms with E-state index in [2.05, 4.69) is 0 Å². The Kier molecular flexibility index (Phi) is 5.64. The van der Waals surface area contributed by atoms with E-state index in [9.17, 15) is 33.2 Å². The predicted molar refractivity (Wildman–Crippen MR) is 80.8 cm³/mol. The number of H-pyrrole nitrogens is 2. The van der Waals surface area contributed by atoms with Crippen LogP contribution in [0, 0.1) is 0 Å². The Morgan fingerprint density at radius 2 is 1.96 bits per heavy atom. The third kappa shape index (κ3) is 4.01. The van der Waals surface area contributed by atoms with Crippen molar-refractivity contribution < 1.29 is 23.8 Å². The van der Waals surface area contributed by atoms with Crippen LogP contribution in [0.2, 0.25) is 0 Å². The molecule has 0 saturated carbocycles. The second-order valence-electron chi connectivity index (χ2n) is 5.18. The van der Waals surface area contributed by atoms with Crippen LogP contribution in [0.3, 0.4) is 0 Å². The van der Waals surface area contributed by atoms with Gasteiger partial charge in [0.05, 0.1) is 19.1 Å². The SMILES string of the molecule is O=c1cc[nH]c(=O)n1F.O=c1ccn([C@@]2(F)C[C@H](O)[C@@H](CO)O2)c(=O)[nH]1. The summed E-state index contributed by atoms with van der Waals surface area (Å²) in [5.41, 5.74) is -3.65. The zero-order chi connectivity index (χ0) is 19.5. The number of aliphatic hydroxyl groups is 2. The van der Waals surface area contributed by atoms with Gasteiger partial charge in [-0.3, -0.25) is 14.6 Å². The van der Waals surface area contributed by atoms with Gasteiger partial charge in [0.2, 0.25) is 0 Å². The molecule has 0 radical (unpaired) electrons. The number of hydrogen-bond acceptors (Lipinski definition) is 7. The first-order valence-corrected chi connectivity index (χ1v) is 7.13. The standard InChI is InChI=1S/C9H11FN2O5.C4H3FN2O2/c10-9(3-5(14)6(4-13)17-9)12-2-1-7(15)11-8(12)16;5-7-3(8)1-2-6-4(7)9/h1-2,5-6,13-14H,3-4H2,(H,11,15,16);1-2H,(H,6,9)/t5-,6+,9-;/m0./s1. The van der Waals surface area contributed by atoms with Crippen LogP contribution in [0.5, 0.6) is 0 Å². The fraction of sp³-hybridized carbons (Fsp3) is 0.385. The zero-order valence-corrected chi connectivity index (χ0v) is 13.0. The molecule has 2 aromatic heterocycles. The van der Waals surface area contributed by atoms with Crippen LogP contribution in [0.15, 0.2) is 43.7 Å². The number of alkyl halides is 1. The van der Waals surface area contributed by atoms with E-state index < -0.39 is 58.5 Å². The van der Waals surface area contributed by atoms with Gasteiger partial charge in [-0.25, -0.2) is 14.2 Å². The van der Waals surface area contributed by atoms with Crippen molar-refractivity contribution in [3.05, 3.63) is 66.2 Å². The highest BCUT2D eigenvalue weighted by Gasteiger charge is 2.48. The Balaban J connectivity index is 0.000000228. The molecular formula is C13H14F2N4O7. The van der Waals surface area contributed by atoms with Crippen molar-refractivity contribution in [1.29, 1.82) is 0 Å².